The first-order valence-electron chi connectivity index (χ1n) is 9.77. The van der Waals surface area contributed by atoms with E-state index >= 15 is 0 Å². The molecular formula is C23H27N3O2. The van der Waals surface area contributed by atoms with Crippen LogP contribution in [0.25, 0.3) is 0 Å². The topological polar surface area (TPSA) is 54.5 Å². The molecule has 0 unspecified atom stereocenters. The van der Waals surface area contributed by atoms with Crippen molar-refractivity contribution in [3.05, 3.63) is 59.3 Å². The Bertz CT molecular complexity index is 820. The van der Waals surface area contributed by atoms with Gasteiger partial charge in [-0.25, -0.2) is 9.78 Å². The summed E-state index contributed by atoms with van der Waals surface area (Å²) in [5.74, 6) is 3.19. The number of carbonyl (C=O) groups excluding carboxylic acids is 1. The molecule has 0 aliphatic heterocycles. The van der Waals surface area contributed by atoms with Crippen LogP contribution in [0.2, 0.25) is 0 Å². The number of aromatic nitrogens is 1. The summed E-state index contributed by atoms with van der Waals surface area (Å²) in [6, 6.07) is 11.7. The predicted molar refractivity (Wildman–Crippen MR) is 110 cm³/mol. The van der Waals surface area contributed by atoms with Gasteiger partial charge in [0, 0.05) is 25.4 Å². The van der Waals surface area contributed by atoms with E-state index < -0.39 is 0 Å². The third-order valence-corrected chi connectivity index (χ3v) is 4.90. The van der Waals surface area contributed by atoms with E-state index in [1.54, 1.807) is 11.1 Å². The van der Waals surface area contributed by atoms with Crippen LogP contribution in [0.15, 0.2) is 42.6 Å². The van der Waals surface area contributed by atoms with E-state index in [-0.39, 0.29) is 18.7 Å². The molecule has 1 aliphatic carbocycles. The average molecular weight is 377 g/mol. The third kappa shape index (κ3) is 5.75. The van der Waals surface area contributed by atoms with Gasteiger partial charge in [0.05, 0.1) is 6.54 Å². The lowest BCUT2D eigenvalue weighted by atomic mass is 10.1. The first-order chi connectivity index (χ1) is 13.6. The number of hydrogen-bond donors (Lipinski definition) is 1. The van der Waals surface area contributed by atoms with E-state index in [4.69, 9.17) is 11.2 Å². The van der Waals surface area contributed by atoms with Gasteiger partial charge in [-0.05, 0) is 49.8 Å². The molecule has 3 rings (SSSR count). The smallest absolute Gasteiger partial charge is 0.318 e. The predicted octanol–water partition coefficient (Wildman–Crippen LogP) is 4.06. The molecule has 2 aromatic rings. The molecule has 0 atom stereocenters. The molecule has 1 fully saturated rings. The molecule has 0 saturated heterocycles. The molecule has 28 heavy (non-hydrogen) atoms. The number of urea groups is 1. The van der Waals surface area contributed by atoms with Gasteiger partial charge >= 0.3 is 6.03 Å². The Morgan fingerprint density at radius 1 is 1.25 bits per heavy atom. The molecule has 1 saturated carbocycles. The van der Waals surface area contributed by atoms with Crippen LogP contribution in [-0.4, -0.2) is 28.6 Å². The van der Waals surface area contributed by atoms with Crippen LogP contribution in [-0.2, 0) is 13.1 Å². The van der Waals surface area contributed by atoms with Gasteiger partial charge < -0.3 is 15.0 Å². The Balaban J connectivity index is 1.56. The molecule has 1 aromatic carbocycles. The van der Waals surface area contributed by atoms with Crippen molar-refractivity contribution in [3.63, 3.8) is 0 Å². The third-order valence-electron chi connectivity index (χ3n) is 4.90. The maximum absolute atomic E-state index is 12.6. The number of ether oxygens (including phenoxy) is 1. The van der Waals surface area contributed by atoms with Gasteiger partial charge in [-0.2, -0.15) is 0 Å². The average Bonchev–Trinajstić information content (AvgIpc) is 3.21. The Hall–Kier alpha value is -3.00. The van der Waals surface area contributed by atoms with E-state index in [9.17, 15) is 4.79 Å². The molecule has 5 heteroatoms. The van der Waals surface area contributed by atoms with Gasteiger partial charge in [-0.3, -0.25) is 0 Å². The van der Waals surface area contributed by atoms with Crippen molar-refractivity contribution < 1.29 is 9.53 Å². The van der Waals surface area contributed by atoms with E-state index in [1.165, 1.54) is 18.4 Å². The zero-order chi connectivity index (χ0) is 19.8. The van der Waals surface area contributed by atoms with Crippen LogP contribution in [0.1, 0.15) is 42.4 Å². The minimum atomic E-state index is -0.186. The van der Waals surface area contributed by atoms with Crippen molar-refractivity contribution in [2.24, 2.45) is 0 Å². The van der Waals surface area contributed by atoms with Crippen LogP contribution in [0, 0.1) is 19.3 Å². The number of nitrogens with one attached hydrogen (secondary N) is 1. The molecule has 5 nitrogen and oxygen atoms in total. The van der Waals surface area contributed by atoms with Gasteiger partial charge in [0.1, 0.15) is 6.10 Å². The fourth-order valence-electron chi connectivity index (χ4n) is 3.31. The molecule has 146 valence electrons. The quantitative estimate of drug-likeness (QED) is 0.741. The van der Waals surface area contributed by atoms with Crippen molar-refractivity contribution in [3.8, 4) is 18.2 Å². The lowest BCUT2D eigenvalue weighted by molar-refractivity contribution is 0.199. The van der Waals surface area contributed by atoms with Crippen LogP contribution in [0.3, 0.4) is 0 Å². The summed E-state index contributed by atoms with van der Waals surface area (Å²) in [5.41, 5.74) is 3.18. The van der Waals surface area contributed by atoms with Crippen LogP contribution in [0.5, 0.6) is 5.88 Å². The van der Waals surface area contributed by atoms with Gasteiger partial charge in [0.15, 0.2) is 0 Å². The van der Waals surface area contributed by atoms with Gasteiger partial charge in [-0.1, -0.05) is 35.7 Å². The molecule has 2 amide bonds. The lowest BCUT2D eigenvalue weighted by Gasteiger charge is -2.21. The number of rotatable bonds is 7. The molecule has 0 spiro atoms. The number of terminal acetylenes is 1. The Labute approximate surface area is 167 Å². The lowest BCUT2D eigenvalue weighted by Crippen LogP contribution is -2.39. The van der Waals surface area contributed by atoms with Crippen molar-refractivity contribution in [2.75, 3.05) is 6.54 Å². The molecule has 1 aromatic heterocycles. The first kappa shape index (κ1) is 19.8. The SMILES string of the molecule is C#CCN(Cc1ccc(C)cc1)C(=O)NCc1ccnc(OC2CCCC2)c1. The highest BCUT2D eigenvalue weighted by Crippen LogP contribution is 2.23. The van der Waals surface area contributed by atoms with E-state index in [0.717, 1.165) is 24.0 Å². The summed E-state index contributed by atoms with van der Waals surface area (Å²) < 4.78 is 5.94. The molecular weight excluding hydrogens is 350 g/mol. The highest BCUT2D eigenvalue weighted by atomic mass is 16.5. The molecule has 0 bridgehead atoms. The zero-order valence-corrected chi connectivity index (χ0v) is 16.4. The fourth-order valence-corrected chi connectivity index (χ4v) is 3.31. The number of benzene rings is 1. The highest BCUT2D eigenvalue weighted by Gasteiger charge is 2.17. The number of carbonyl (C=O) groups is 1. The molecule has 1 heterocycles. The highest BCUT2D eigenvalue weighted by molar-refractivity contribution is 5.74. The minimum Gasteiger partial charge on any atom is -0.474 e. The second-order valence-corrected chi connectivity index (χ2v) is 7.23. The van der Waals surface area contributed by atoms with Crippen molar-refractivity contribution in [2.45, 2.75) is 51.8 Å². The molecule has 1 N–H and O–H groups in total. The summed E-state index contributed by atoms with van der Waals surface area (Å²) in [6.07, 6.45) is 12.0. The van der Waals surface area contributed by atoms with Gasteiger partial charge in [-0.15, -0.1) is 6.42 Å². The van der Waals surface area contributed by atoms with E-state index in [1.807, 2.05) is 43.3 Å². The second kappa shape index (κ2) is 9.80. The maximum Gasteiger partial charge on any atom is 0.318 e. The monoisotopic (exact) mass is 377 g/mol. The number of amides is 2. The number of hydrogen-bond acceptors (Lipinski definition) is 3. The molecule has 1 aliphatic rings. The summed E-state index contributed by atoms with van der Waals surface area (Å²) in [4.78, 5) is 18.5. The number of nitrogens with zero attached hydrogens (tertiary/aromatic N) is 2. The standard InChI is InChI=1S/C23H27N3O2/c1-3-14-26(17-19-10-8-18(2)9-11-19)23(27)25-16-20-12-13-24-22(15-20)28-21-6-4-5-7-21/h1,8-13,15,21H,4-7,14,16-17H2,2H3,(H,25,27). The largest absolute Gasteiger partial charge is 0.474 e. The van der Waals surface area contributed by atoms with Gasteiger partial charge in [0.25, 0.3) is 0 Å². The number of pyridine rings is 1. The fraction of sp³-hybridized carbons (Fsp3) is 0.391. The second-order valence-electron chi connectivity index (χ2n) is 7.23. The normalized spacial score (nSPS) is 13.7. The summed E-state index contributed by atoms with van der Waals surface area (Å²) in [5, 5.41) is 2.94. The minimum absolute atomic E-state index is 0.186. The summed E-state index contributed by atoms with van der Waals surface area (Å²) in [7, 11) is 0. The number of aryl methyl sites for hydroxylation is 1. The Morgan fingerprint density at radius 2 is 2.00 bits per heavy atom. The Kier molecular flexibility index (Phi) is 6.91. The first-order valence-corrected chi connectivity index (χ1v) is 9.77. The zero-order valence-electron chi connectivity index (χ0n) is 16.4. The van der Waals surface area contributed by atoms with Gasteiger partial charge in [0.2, 0.25) is 5.88 Å². The Morgan fingerprint density at radius 3 is 2.71 bits per heavy atom. The van der Waals surface area contributed by atoms with Crippen molar-refractivity contribution >= 4 is 6.03 Å². The van der Waals surface area contributed by atoms with E-state index in [2.05, 4.69) is 16.2 Å². The maximum atomic E-state index is 12.6. The van der Waals surface area contributed by atoms with Crippen LogP contribution < -0.4 is 10.1 Å². The summed E-state index contributed by atoms with van der Waals surface area (Å²) >= 11 is 0. The molecule has 0 radical (unpaired) electrons. The van der Waals surface area contributed by atoms with Crippen LogP contribution >= 0.6 is 0 Å². The van der Waals surface area contributed by atoms with Crippen molar-refractivity contribution in [1.82, 2.24) is 15.2 Å². The van der Waals surface area contributed by atoms with E-state index in [0.29, 0.717) is 19.0 Å². The van der Waals surface area contributed by atoms with Crippen LogP contribution in [0.4, 0.5) is 4.79 Å². The van der Waals surface area contributed by atoms with Crippen molar-refractivity contribution in [1.29, 1.82) is 0 Å². The summed E-state index contributed by atoms with van der Waals surface area (Å²) in [6.45, 7) is 3.17.